The van der Waals surface area contributed by atoms with Gasteiger partial charge in [-0.1, -0.05) is 48.1 Å². The standard InChI is InChI=1S/C18H22ClN5OS/c1-3-22-8-10-23(11-9-22)15(13-6-4-5-7-14(13)19)16-17(25)24-18(26-16)20-12(2)21-24/h4-7,15,25H,3,8-11H2,1-2H3/t15-/m0/s1. The van der Waals surface area contributed by atoms with E-state index in [1.807, 2.05) is 31.2 Å². The number of aromatic nitrogens is 3. The monoisotopic (exact) mass is 391 g/mol. The molecule has 138 valence electrons. The van der Waals surface area contributed by atoms with E-state index in [1.54, 1.807) is 0 Å². The molecule has 0 saturated carbocycles. The Morgan fingerprint density at radius 1 is 1.23 bits per heavy atom. The van der Waals surface area contributed by atoms with Crippen LogP contribution >= 0.6 is 22.9 Å². The third-order valence-electron chi connectivity index (χ3n) is 4.97. The Bertz CT molecular complexity index is 916. The van der Waals surface area contributed by atoms with Gasteiger partial charge in [-0.25, -0.2) is 4.98 Å². The van der Waals surface area contributed by atoms with Gasteiger partial charge in [-0.05, 0) is 25.1 Å². The summed E-state index contributed by atoms with van der Waals surface area (Å²) in [6.45, 7) is 8.96. The first-order chi connectivity index (χ1) is 12.6. The lowest BCUT2D eigenvalue weighted by atomic mass is 10.0. The Hall–Kier alpha value is -1.67. The number of halogens is 1. The van der Waals surface area contributed by atoms with Crippen molar-refractivity contribution in [2.75, 3.05) is 32.7 Å². The molecule has 1 saturated heterocycles. The highest BCUT2D eigenvalue weighted by molar-refractivity contribution is 7.17. The summed E-state index contributed by atoms with van der Waals surface area (Å²) in [5, 5.41) is 15.9. The number of likely N-dealkylation sites (N-methyl/N-ethyl adjacent to an activating group) is 1. The number of thiazole rings is 1. The summed E-state index contributed by atoms with van der Waals surface area (Å²) in [6.07, 6.45) is 0. The zero-order chi connectivity index (χ0) is 18.3. The molecule has 8 heteroatoms. The summed E-state index contributed by atoms with van der Waals surface area (Å²) in [6, 6.07) is 7.78. The van der Waals surface area contributed by atoms with E-state index in [-0.39, 0.29) is 11.9 Å². The quantitative estimate of drug-likeness (QED) is 0.740. The average molecular weight is 392 g/mol. The Balaban J connectivity index is 1.78. The van der Waals surface area contributed by atoms with E-state index in [1.165, 1.54) is 15.9 Å². The van der Waals surface area contributed by atoms with Crippen LogP contribution in [0.25, 0.3) is 4.96 Å². The first kappa shape index (κ1) is 17.7. The molecule has 0 radical (unpaired) electrons. The molecular formula is C18H22ClN5OS. The first-order valence-corrected chi connectivity index (χ1v) is 10.0. The SMILES string of the molecule is CCN1CCN([C@@H](c2ccccc2Cl)c2sc3nc(C)nn3c2O)CC1. The van der Waals surface area contributed by atoms with Crippen molar-refractivity contribution in [3.63, 3.8) is 0 Å². The van der Waals surface area contributed by atoms with Gasteiger partial charge >= 0.3 is 0 Å². The molecule has 3 aromatic rings. The maximum absolute atomic E-state index is 10.8. The fraction of sp³-hybridized carbons (Fsp3) is 0.444. The molecule has 1 aliphatic heterocycles. The van der Waals surface area contributed by atoms with Gasteiger partial charge in [0.1, 0.15) is 5.82 Å². The lowest BCUT2D eigenvalue weighted by molar-refractivity contribution is 0.113. The molecule has 3 heterocycles. The lowest BCUT2D eigenvalue weighted by Crippen LogP contribution is -2.47. The molecule has 6 nitrogen and oxygen atoms in total. The lowest BCUT2D eigenvalue weighted by Gasteiger charge is -2.39. The molecule has 1 fully saturated rings. The van der Waals surface area contributed by atoms with Gasteiger partial charge in [0.05, 0.1) is 10.9 Å². The topological polar surface area (TPSA) is 56.9 Å². The summed E-state index contributed by atoms with van der Waals surface area (Å²) in [5.74, 6) is 0.817. The minimum atomic E-state index is -0.100. The fourth-order valence-electron chi connectivity index (χ4n) is 3.56. The van der Waals surface area contributed by atoms with Crippen molar-refractivity contribution in [3.8, 4) is 5.88 Å². The summed E-state index contributed by atoms with van der Waals surface area (Å²) in [7, 11) is 0. The molecule has 0 spiro atoms. The van der Waals surface area contributed by atoms with Crippen molar-refractivity contribution in [3.05, 3.63) is 45.6 Å². The number of aryl methyl sites for hydroxylation is 1. The predicted molar refractivity (Wildman–Crippen MR) is 104 cm³/mol. The van der Waals surface area contributed by atoms with Crippen LogP contribution in [0.3, 0.4) is 0 Å². The van der Waals surface area contributed by atoms with E-state index in [4.69, 9.17) is 11.6 Å². The zero-order valence-corrected chi connectivity index (χ0v) is 16.5. The Kier molecular flexibility index (Phi) is 4.88. The van der Waals surface area contributed by atoms with Crippen LogP contribution in [0.4, 0.5) is 0 Å². The van der Waals surface area contributed by atoms with E-state index in [9.17, 15) is 5.11 Å². The van der Waals surface area contributed by atoms with E-state index in [0.717, 1.165) is 43.2 Å². The molecule has 26 heavy (non-hydrogen) atoms. The number of nitrogens with zero attached hydrogens (tertiary/aromatic N) is 5. The highest BCUT2D eigenvalue weighted by Gasteiger charge is 2.32. The van der Waals surface area contributed by atoms with Crippen molar-refractivity contribution in [2.45, 2.75) is 19.9 Å². The van der Waals surface area contributed by atoms with Crippen LogP contribution in [0, 0.1) is 6.92 Å². The average Bonchev–Trinajstić information content (AvgIpc) is 3.15. The van der Waals surface area contributed by atoms with Gasteiger partial charge in [-0.2, -0.15) is 4.52 Å². The van der Waals surface area contributed by atoms with Crippen molar-refractivity contribution >= 4 is 27.9 Å². The molecule has 2 aromatic heterocycles. The van der Waals surface area contributed by atoms with Crippen LogP contribution in [0.1, 0.15) is 29.2 Å². The number of piperazine rings is 1. The van der Waals surface area contributed by atoms with E-state index in [2.05, 4.69) is 26.8 Å². The molecule has 4 rings (SSSR count). The molecule has 1 aliphatic rings. The molecule has 0 unspecified atom stereocenters. The third-order valence-corrected chi connectivity index (χ3v) is 6.39. The minimum Gasteiger partial charge on any atom is -0.492 e. The molecule has 1 aromatic carbocycles. The maximum Gasteiger partial charge on any atom is 0.230 e. The van der Waals surface area contributed by atoms with Gasteiger partial charge in [0.2, 0.25) is 10.8 Å². The van der Waals surface area contributed by atoms with Crippen LogP contribution in [-0.4, -0.2) is 62.2 Å². The number of rotatable bonds is 4. The second-order valence-corrected chi connectivity index (χ2v) is 7.95. The van der Waals surface area contributed by atoms with Crippen molar-refractivity contribution in [2.24, 2.45) is 0 Å². The zero-order valence-electron chi connectivity index (χ0n) is 14.9. The number of aromatic hydroxyl groups is 1. The van der Waals surface area contributed by atoms with Gasteiger partial charge in [0.25, 0.3) is 0 Å². The fourth-order valence-corrected chi connectivity index (χ4v) is 4.96. The van der Waals surface area contributed by atoms with Gasteiger partial charge in [0.15, 0.2) is 0 Å². The predicted octanol–water partition coefficient (Wildman–Crippen LogP) is 3.19. The first-order valence-electron chi connectivity index (χ1n) is 8.84. The highest BCUT2D eigenvalue weighted by atomic mass is 35.5. The molecule has 0 aliphatic carbocycles. The Morgan fingerprint density at radius 3 is 2.62 bits per heavy atom. The second-order valence-electron chi connectivity index (χ2n) is 6.54. The summed E-state index contributed by atoms with van der Waals surface area (Å²) in [4.78, 5) is 10.8. The Labute approximate surface area is 161 Å². The molecule has 1 atom stereocenters. The van der Waals surface area contributed by atoms with Gasteiger partial charge in [-0.15, -0.1) is 5.10 Å². The van der Waals surface area contributed by atoms with Crippen molar-refractivity contribution in [1.82, 2.24) is 24.4 Å². The summed E-state index contributed by atoms with van der Waals surface area (Å²) >= 11 is 8.02. The normalized spacial score (nSPS) is 17.8. The van der Waals surface area contributed by atoms with Gasteiger partial charge in [-0.3, -0.25) is 4.90 Å². The van der Waals surface area contributed by atoms with Gasteiger partial charge in [0, 0.05) is 31.2 Å². The van der Waals surface area contributed by atoms with Crippen LogP contribution in [0.5, 0.6) is 5.88 Å². The number of hydrogen-bond acceptors (Lipinski definition) is 6. The van der Waals surface area contributed by atoms with Crippen LogP contribution in [0.2, 0.25) is 5.02 Å². The van der Waals surface area contributed by atoms with Crippen molar-refractivity contribution < 1.29 is 5.11 Å². The van der Waals surface area contributed by atoms with E-state index < -0.39 is 0 Å². The number of hydrogen-bond donors (Lipinski definition) is 1. The smallest absolute Gasteiger partial charge is 0.230 e. The van der Waals surface area contributed by atoms with E-state index in [0.29, 0.717) is 15.8 Å². The molecule has 0 bridgehead atoms. The van der Waals surface area contributed by atoms with Crippen LogP contribution < -0.4 is 0 Å². The van der Waals surface area contributed by atoms with Gasteiger partial charge < -0.3 is 10.0 Å². The number of fused-ring (bicyclic) bond motifs is 1. The second kappa shape index (κ2) is 7.15. The van der Waals surface area contributed by atoms with Crippen molar-refractivity contribution in [1.29, 1.82) is 0 Å². The minimum absolute atomic E-state index is 0.100. The molecule has 1 N–H and O–H groups in total. The highest BCUT2D eigenvalue weighted by Crippen LogP contribution is 2.42. The van der Waals surface area contributed by atoms with E-state index >= 15 is 0 Å². The third kappa shape index (κ3) is 3.09. The summed E-state index contributed by atoms with van der Waals surface area (Å²) in [5.41, 5.74) is 1.01. The molecular weight excluding hydrogens is 370 g/mol. The Morgan fingerprint density at radius 2 is 1.96 bits per heavy atom. The summed E-state index contributed by atoms with van der Waals surface area (Å²) < 4.78 is 1.53. The molecule has 0 amide bonds. The largest absolute Gasteiger partial charge is 0.492 e. The maximum atomic E-state index is 10.8. The van der Waals surface area contributed by atoms with Crippen LogP contribution in [0.15, 0.2) is 24.3 Å². The van der Waals surface area contributed by atoms with Crippen LogP contribution in [-0.2, 0) is 0 Å². The number of benzene rings is 1.